The average molecular weight is 422 g/mol. The van der Waals surface area contributed by atoms with Crippen LogP contribution >= 0.6 is 22.9 Å². The van der Waals surface area contributed by atoms with Crippen LogP contribution in [-0.2, 0) is 22.9 Å². The lowest BCUT2D eigenvalue weighted by Gasteiger charge is -2.25. The number of halogens is 4. The molecule has 0 aliphatic carbocycles. The van der Waals surface area contributed by atoms with Gasteiger partial charge < -0.3 is 4.90 Å². The summed E-state index contributed by atoms with van der Waals surface area (Å²) in [6.07, 6.45) is -1.23. The van der Waals surface area contributed by atoms with Gasteiger partial charge in [-0.05, 0) is 35.2 Å². The molecule has 0 saturated heterocycles. The number of anilines is 1. The van der Waals surface area contributed by atoms with Crippen LogP contribution < -0.4 is 4.90 Å². The molecule has 1 aliphatic heterocycles. The maximum Gasteiger partial charge on any atom is 0.286 e. The summed E-state index contributed by atoms with van der Waals surface area (Å²) >= 11 is 6.73. The van der Waals surface area contributed by atoms with Gasteiger partial charge in [0, 0.05) is 10.6 Å². The second kappa shape index (κ2) is 6.94. The molecule has 0 saturated carbocycles. The van der Waals surface area contributed by atoms with E-state index in [0.29, 0.717) is 10.7 Å². The fraction of sp³-hybridized carbons (Fsp3) is 0.190. The van der Waals surface area contributed by atoms with Crippen molar-refractivity contribution in [2.45, 2.75) is 24.6 Å². The van der Waals surface area contributed by atoms with Crippen LogP contribution in [0.1, 0.15) is 22.4 Å². The highest BCUT2D eigenvalue weighted by molar-refractivity contribution is 7.10. The third-order valence-corrected chi connectivity index (χ3v) is 6.04. The summed E-state index contributed by atoms with van der Waals surface area (Å²) in [5.41, 5.74) is -1.78. The maximum absolute atomic E-state index is 15.9. The number of fused-ring (bicyclic) bond motifs is 1. The first-order valence-corrected chi connectivity index (χ1v) is 9.84. The minimum atomic E-state index is -3.46. The van der Waals surface area contributed by atoms with Crippen LogP contribution in [0.3, 0.4) is 0 Å². The molecule has 3 aromatic rings. The number of para-hydroxylation sites is 1. The van der Waals surface area contributed by atoms with E-state index < -0.39 is 23.9 Å². The van der Waals surface area contributed by atoms with Crippen LogP contribution in [-0.4, -0.2) is 5.91 Å². The van der Waals surface area contributed by atoms with E-state index in [4.69, 9.17) is 11.6 Å². The van der Waals surface area contributed by atoms with Crippen LogP contribution in [0, 0.1) is 0 Å². The van der Waals surface area contributed by atoms with Gasteiger partial charge >= 0.3 is 0 Å². The number of amides is 1. The van der Waals surface area contributed by atoms with Crippen LogP contribution in [0.25, 0.3) is 0 Å². The van der Waals surface area contributed by atoms with Gasteiger partial charge in [-0.15, -0.1) is 11.3 Å². The van der Waals surface area contributed by atoms with Gasteiger partial charge in [-0.3, -0.25) is 4.79 Å². The van der Waals surface area contributed by atoms with Crippen molar-refractivity contribution in [3.8, 4) is 0 Å². The summed E-state index contributed by atoms with van der Waals surface area (Å²) in [5.74, 6) is -4.43. The van der Waals surface area contributed by atoms with E-state index in [-0.39, 0.29) is 17.0 Å². The second-order valence-corrected chi connectivity index (χ2v) is 8.08. The molecule has 0 bridgehead atoms. The Kier molecular flexibility index (Phi) is 4.71. The van der Waals surface area contributed by atoms with Crippen LogP contribution in [0.2, 0.25) is 5.02 Å². The predicted molar refractivity (Wildman–Crippen MR) is 105 cm³/mol. The van der Waals surface area contributed by atoms with Crippen molar-refractivity contribution in [1.82, 2.24) is 0 Å². The predicted octanol–water partition coefficient (Wildman–Crippen LogP) is 6.30. The van der Waals surface area contributed by atoms with Gasteiger partial charge in [0.15, 0.2) is 0 Å². The first-order valence-electron chi connectivity index (χ1n) is 8.58. The lowest BCUT2D eigenvalue weighted by molar-refractivity contribution is -0.137. The maximum atomic E-state index is 15.9. The number of hydrogen-bond acceptors (Lipinski definition) is 2. The monoisotopic (exact) mass is 421 g/mol. The van der Waals surface area contributed by atoms with E-state index in [2.05, 4.69) is 0 Å². The Hall–Kier alpha value is -2.31. The first-order chi connectivity index (χ1) is 13.3. The Bertz CT molecular complexity index is 1010. The third-order valence-electron chi connectivity index (χ3n) is 4.81. The van der Waals surface area contributed by atoms with E-state index in [1.807, 2.05) is 0 Å². The summed E-state index contributed by atoms with van der Waals surface area (Å²) in [4.78, 5) is 14.0. The van der Waals surface area contributed by atoms with Crippen molar-refractivity contribution in [1.29, 1.82) is 0 Å². The van der Waals surface area contributed by atoms with Gasteiger partial charge in [0.05, 0.1) is 23.5 Å². The highest BCUT2D eigenvalue weighted by atomic mass is 35.5. The van der Waals surface area contributed by atoms with Crippen molar-refractivity contribution in [3.05, 3.63) is 87.1 Å². The number of rotatable bonds is 5. The molecule has 0 N–H and O–H groups in total. The summed E-state index contributed by atoms with van der Waals surface area (Å²) in [6.45, 7) is 0.0727. The molecule has 4 rings (SSSR count). The fourth-order valence-corrected chi connectivity index (χ4v) is 4.29. The quantitative estimate of drug-likeness (QED) is 0.473. The lowest BCUT2D eigenvalue weighted by atomic mass is 9.90. The number of carbonyl (C=O) groups is 1. The zero-order valence-corrected chi connectivity index (χ0v) is 16.1. The van der Waals surface area contributed by atoms with E-state index in [9.17, 15) is 13.6 Å². The average Bonchev–Trinajstić information content (AvgIpc) is 3.28. The molecule has 2 aromatic carbocycles. The topological polar surface area (TPSA) is 20.3 Å². The number of alkyl halides is 3. The standard InChI is InChI=1S/C21H15ClF3NOS/c22-15-9-7-14(8-10-15)12-26-17-5-2-1-4-16(17)20(23,19(26)27)13-21(24,25)18-6-3-11-28-18/h1-11H,12-13H2. The Balaban J connectivity index is 1.71. The van der Waals surface area contributed by atoms with Gasteiger partial charge in [-0.2, -0.15) is 0 Å². The minimum Gasteiger partial charge on any atom is -0.304 e. The molecule has 1 amide bonds. The van der Waals surface area contributed by atoms with Gasteiger partial charge in [-0.1, -0.05) is 48.0 Å². The molecule has 1 atom stereocenters. The fourth-order valence-electron chi connectivity index (χ4n) is 3.46. The number of hydrogen-bond donors (Lipinski definition) is 0. The zero-order valence-electron chi connectivity index (χ0n) is 14.5. The van der Waals surface area contributed by atoms with Gasteiger partial charge in [-0.25, -0.2) is 13.2 Å². The summed E-state index contributed by atoms with van der Waals surface area (Å²) in [7, 11) is 0. The van der Waals surface area contributed by atoms with Crippen molar-refractivity contribution >= 4 is 34.5 Å². The molecule has 1 unspecified atom stereocenters. The number of nitrogens with zero attached hydrogens (tertiary/aromatic N) is 1. The van der Waals surface area contributed by atoms with E-state index in [1.54, 1.807) is 42.5 Å². The molecule has 7 heteroatoms. The molecule has 2 heterocycles. The Morgan fingerprint density at radius 1 is 1.04 bits per heavy atom. The smallest absolute Gasteiger partial charge is 0.286 e. The van der Waals surface area contributed by atoms with Crippen molar-refractivity contribution in [2.75, 3.05) is 4.90 Å². The molecule has 144 valence electrons. The SMILES string of the molecule is O=C1N(Cc2ccc(Cl)cc2)c2ccccc2C1(F)CC(F)(F)c1cccs1. The van der Waals surface area contributed by atoms with Crippen molar-refractivity contribution in [3.63, 3.8) is 0 Å². The van der Waals surface area contributed by atoms with Crippen LogP contribution in [0.5, 0.6) is 0 Å². The number of carbonyl (C=O) groups excluding carboxylic acids is 1. The normalized spacial score (nSPS) is 19.1. The van der Waals surface area contributed by atoms with E-state index >= 15 is 4.39 Å². The highest BCUT2D eigenvalue weighted by Gasteiger charge is 2.57. The minimum absolute atomic E-state index is 0.0230. The largest absolute Gasteiger partial charge is 0.304 e. The van der Waals surface area contributed by atoms with Crippen molar-refractivity contribution < 1.29 is 18.0 Å². The number of thiophene rings is 1. The summed E-state index contributed by atoms with van der Waals surface area (Å²) < 4.78 is 45.4. The molecule has 0 radical (unpaired) electrons. The third kappa shape index (κ3) is 3.20. The molecule has 0 spiro atoms. The lowest BCUT2D eigenvalue weighted by Crippen LogP contribution is -2.40. The Labute approximate surface area is 169 Å². The number of benzene rings is 2. The molecule has 0 fully saturated rings. The first kappa shape index (κ1) is 19.0. The molecule has 1 aliphatic rings. The highest BCUT2D eigenvalue weighted by Crippen LogP contribution is 2.51. The Morgan fingerprint density at radius 2 is 1.75 bits per heavy atom. The summed E-state index contributed by atoms with van der Waals surface area (Å²) in [6, 6.07) is 15.7. The molecule has 2 nitrogen and oxygen atoms in total. The van der Waals surface area contributed by atoms with E-state index in [1.165, 1.54) is 28.5 Å². The second-order valence-electron chi connectivity index (χ2n) is 6.69. The van der Waals surface area contributed by atoms with E-state index in [0.717, 1.165) is 16.9 Å². The zero-order chi connectivity index (χ0) is 19.9. The molecule has 1 aromatic heterocycles. The Morgan fingerprint density at radius 3 is 2.43 bits per heavy atom. The summed E-state index contributed by atoms with van der Waals surface area (Å²) in [5, 5.41) is 2.04. The van der Waals surface area contributed by atoms with Gasteiger partial charge in [0.1, 0.15) is 0 Å². The van der Waals surface area contributed by atoms with Gasteiger partial charge in [0.2, 0.25) is 5.67 Å². The molecule has 28 heavy (non-hydrogen) atoms. The van der Waals surface area contributed by atoms with Gasteiger partial charge in [0.25, 0.3) is 11.8 Å². The van der Waals surface area contributed by atoms with Crippen LogP contribution in [0.15, 0.2) is 66.0 Å². The molecular formula is C21H15ClF3NOS. The van der Waals surface area contributed by atoms with Crippen LogP contribution in [0.4, 0.5) is 18.9 Å². The molecular weight excluding hydrogens is 407 g/mol. The van der Waals surface area contributed by atoms with Crippen molar-refractivity contribution in [2.24, 2.45) is 0 Å².